The van der Waals surface area contributed by atoms with Crippen molar-refractivity contribution in [3.63, 3.8) is 0 Å². The molecule has 164 valence electrons. The lowest BCUT2D eigenvalue weighted by atomic mass is 10.0. The summed E-state index contributed by atoms with van der Waals surface area (Å²) in [7, 11) is -2.62. The number of aromatic amines is 2. The van der Waals surface area contributed by atoms with Crippen molar-refractivity contribution in [1.29, 1.82) is 0 Å². The highest BCUT2D eigenvalue weighted by Crippen LogP contribution is 2.30. The van der Waals surface area contributed by atoms with Crippen molar-refractivity contribution in [3.05, 3.63) is 90.5 Å². The average molecular weight is 454 g/mol. The van der Waals surface area contributed by atoms with E-state index < -0.39 is 26.1 Å². The number of rotatable bonds is 5. The van der Waals surface area contributed by atoms with E-state index in [1.165, 1.54) is 20.0 Å². The molecule has 0 radical (unpaired) electrons. The van der Waals surface area contributed by atoms with Crippen LogP contribution in [0.4, 0.5) is 5.69 Å². The van der Waals surface area contributed by atoms with Crippen molar-refractivity contribution in [3.8, 4) is 0 Å². The van der Waals surface area contributed by atoms with Crippen molar-refractivity contribution in [2.75, 3.05) is 7.05 Å². The summed E-state index contributed by atoms with van der Waals surface area (Å²) in [6.45, 7) is 1.20. The average Bonchev–Trinajstić information content (AvgIpc) is 2.76. The summed E-state index contributed by atoms with van der Waals surface area (Å²) in [6, 6.07) is 13.2. The number of fused-ring (bicyclic) bond motifs is 2. The Morgan fingerprint density at radius 2 is 1.66 bits per heavy atom. The quantitative estimate of drug-likeness (QED) is 0.269. The third-order valence-corrected chi connectivity index (χ3v) is 7.19. The molecule has 11 heteroatoms. The number of nitrogens with zero attached hydrogens (tertiary/aromatic N) is 2. The van der Waals surface area contributed by atoms with Crippen molar-refractivity contribution in [2.45, 2.75) is 18.4 Å². The summed E-state index contributed by atoms with van der Waals surface area (Å²) in [5, 5.41) is 13.1. The molecule has 0 saturated heterocycles. The summed E-state index contributed by atoms with van der Waals surface area (Å²) < 4.78 is 27.5. The first kappa shape index (κ1) is 21.4. The zero-order chi connectivity index (χ0) is 23.2. The molecule has 0 bridgehead atoms. The lowest BCUT2D eigenvalue weighted by Crippen LogP contribution is -2.31. The van der Waals surface area contributed by atoms with E-state index in [-0.39, 0.29) is 39.3 Å². The molecule has 4 aromatic rings. The molecule has 10 nitrogen and oxygen atoms in total. The fourth-order valence-corrected chi connectivity index (χ4v) is 4.79. The first-order chi connectivity index (χ1) is 15.1. The molecule has 0 fully saturated rings. The standard InChI is InChI=1S/C21H18N4O6S/c1-12-16(19-17(10-18(12)25(28)29)22-20(26)21(27)23-19)11-24(2)32(30,31)15-8-7-13-5-3-4-6-14(13)9-15/h3-10H,11H2,1-2H3,(H,22,26)(H,23,27). The number of H-pyrrole nitrogens is 2. The van der Waals surface area contributed by atoms with Crippen LogP contribution in [-0.4, -0.2) is 34.7 Å². The zero-order valence-electron chi connectivity index (χ0n) is 17.1. The Bertz CT molecular complexity index is 1620. The van der Waals surface area contributed by atoms with Crippen molar-refractivity contribution >= 4 is 37.5 Å². The second-order valence-corrected chi connectivity index (χ2v) is 9.40. The van der Waals surface area contributed by atoms with Crippen LogP contribution < -0.4 is 11.1 Å². The van der Waals surface area contributed by atoms with E-state index in [0.717, 1.165) is 21.1 Å². The van der Waals surface area contributed by atoms with Crippen LogP contribution in [0.3, 0.4) is 0 Å². The zero-order valence-corrected chi connectivity index (χ0v) is 17.9. The third kappa shape index (κ3) is 3.57. The van der Waals surface area contributed by atoms with Crippen molar-refractivity contribution in [2.24, 2.45) is 0 Å². The topological polar surface area (TPSA) is 146 Å². The van der Waals surface area contributed by atoms with Crippen molar-refractivity contribution < 1.29 is 13.3 Å². The Balaban J connectivity index is 1.84. The lowest BCUT2D eigenvalue weighted by Gasteiger charge is -2.20. The highest BCUT2D eigenvalue weighted by atomic mass is 32.2. The Labute approximate surface area is 181 Å². The Morgan fingerprint density at radius 1 is 1.00 bits per heavy atom. The first-order valence-electron chi connectivity index (χ1n) is 9.48. The summed E-state index contributed by atoms with van der Waals surface area (Å²) in [6.07, 6.45) is 0. The van der Waals surface area contributed by atoms with E-state index in [0.29, 0.717) is 0 Å². The molecule has 0 aliphatic rings. The summed E-state index contributed by atoms with van der Waals surface area (Å²) >= 11 is 0. The van der Waals surface area contributed by atoms with Gasteiger partial charge in [-0.25, -0.2) is 8.42 Å². The lowest BCUT2D eigenvalue weighted by molar-refractivity contribution is -0.385. The summed E-state index contributed by atoms with van der Waals surface area (Å²) in [5.74, 6) is 0. The van der Waals surface area contributed by atoms with E-state index in [9.17, 15) is 28.1 Å². The van der Waals surface area contributed by atoms with Gasteiger partial charge in [0.15, 0.2) is 0 Å². The molecule has 0 spiro atoms. The molecule has 0 saturated carbocycles. The maximum Gasteiger partial charge on any atom is 0.314 e. The number of hydrogen-bond donors (Lipinski definition) is 2. The minimum absolute atomic E-state index is 0.0402. The molecule has 3 aromatic carbocycles. The van der Waals surface area contributed by atoms with E-state index in [1.807, 2.05) is 12.1 Å². The largest absolute Gasteiger partial charge is 0.316 e. The van der Waals surface area contributed by atoms with E-state index in [4.69, 9.17) is 0 Å². The second kappa shape index (κ2) is 7.70. The smallest absolute Gasteiger partial charge is 0.314 e. The molecule has 0 aliphatic carbocycles. The third-order valence-electron chi connectivity index (χ3n) is 5.39. The van der Waals surface area contributed by atoms with E-state index in [1.54, 1.807) is 24.3 Å². The van der Waals surface area contributed by atoms with Gasteiger partial charge in [-0.15, -0.1) is 0 Å². The van der Waals surface area contributed by atoms with Gasteiger partial charge in [0.25, 0.3) is 5.69 Å². The first-order valence-corrected chi connectivity index (χ1v) is 10.9. The van der Waals surface area contributed by atoms with Gasteiger partial charge in [-0.3, -0.25) is 19.7 Å². The Hall–Kier alpha value is -3.83. The van der Waals surface area contributed by atoms with E-state index in [2.05, 4.69) is 9.97 Å². The van der Waals surface area contributed by atoms with Gasteiger partial charge < -0.3 is 9.97 Å². The van der Waals surface area contributed by atoms with Gasteiger partial charge in [-0.2, -0.15) is 4.31 Å². The van der Waals surface area contributed by atoms with Gasteiger partial charge in [0.05, 0.1) is 20.9 Å². The molecular weight excluding hydrogens is 436 g/mol. The Kier molecular flexibility index (Phi) is 5.15. The minimum atomic E-state index is -3.97. The summed E-state index contributed by atoms with van der Waals surface area (Å²) in [4.78, 5) is 39.3. The van der Waals surface area contributed by atoms with Crippen LogP contribution in [0.5, 0.6) is 0 Å². The molecule has 0 unspecified atom stereocenters. The molecule has 32 heavy (non-hydrogen) atoms. The molecule has 0 aliphatic heterocycles. The van der Waals surface area contributed by atoms with Gasteiger partial charge in [0, 0.05) is 30.8 Å². The fourth-order valence-electron chi connectivity index (χ4n) is 3.62. The monoisotopic (exact) mass is 454 g/mol. The SMILES string of the molecule is Cc1c([N+](=O)[O-])cc2[nH]c(=O)c(=O)[nH]c2c1CN(C)S(=O)(=O)c1ccc2ccccc2c1. The van der Waals surface area contributed by atoms with Crippen LogP contribution in [0.2, 0.25) is 0 Å². The molecule has 1 heterocycles. The number of hydrogen-bond acceptors (Lipinski definition) is 6. The van der Waals surface area contributed by atoms with Gasteiger partial charge in [0.1, 0.15) is 0 Å². The van der Waals surface area contributed by atoms with E-state index >= 15 is 0 Å². The highest BCUT2D eigenvalue weighted by Gasteiger charge is 2.26. The maximum atomic E-state index is 13.2. The number of sulfonamides is 1. The highest BCUT2D eigenvalue weighted by molar-refractivity contribution is 7.89. The predicted molar refractivity (Wildman–Crippen MR) is 119 cm³/mol. The molecule has 0 atom stereocenters. The molecular formula is C21H18N4O6S. The number of aromatic nitrogens is 2. The van der Waals surface area contributed by atoms with Crippen LogP contribution in [0.25, 0.3) is 21.8 Å². The van der Waals surface area contributed by atoms with Crippen molar-refractivity contribution in [1.82, 2.24) is 14.3 Å². The van der Waals surface area contributed by atoms with Gasteiger partial charge in [0.2, 0.25) is 10.0 Å². The van der Waals surface area contributed by atoms with Crippen LogP contribution >= 0.6 is 0 Å². The second-order valence-electron chi connectivity index (χ2n) is 7.36. The number of nitrogens with one attached hydrogen (secondary N) is 2. The van der Waals surface area contributed by atoms with Gasteiger partial charge in [-0.1, -0.05) is 30.3 Å². The van der Waals surface area contributed by atoms with Gasteiger partial charge in [-0.05, 0) is 29.8 Å². The van der Waals surface area contributed by atoms with Crippen LogP contribution in [0, 0.1) is 17.0 Å². The van der Waals surface area contributed by atoms with Crippen LogP contribution in [-0.2, 0) is 16.6 Å². The van der Waals surface area contributed by atoms with Crippen LogP contribution in [0.1, 0.15) is 11.1 Å². The predicted octanol–water partition coefficient (Wildman–Crippen LogP) is 2.41. The maximum absolute atomic E-state index is 13.2. The Morgan fingerprint density at radius 3 is 2.34 bits per heavy atom. The molecule has 0 amide bonds. The fraction of sp³-hybridized carbons (Fsp3) is 0.143. The molecule has 4 rings (SSSR count). The summed E-state index contributed by atoms with van der Waals surface area (Å²) in [5.41, 5.74) is -1.62. The normalized spacial score (nSPS) is 12.0. The molecule has 1 aromatic heterocycles. The molecule has 2 N–H and O–H groups in total. The minimum Gasteiger partial charge on any atom is -0.316 e. The van der Waals surface area contributed by atoms with Gasteiger partial charge >= 0.3 is 11.1 Å². The number of nitro benzene ring substituents is 1. The number of nitro groups is 1. The number of benzene rings is 3. The van der Waals surface area contributed by atoms with Crippen LogP contribution in [0.15, 0.2) is 63.0 Å².